The molecule has 0 aromatic rings. The van der Waals surface area contributed by atoms with Gasteiger partial charge in [-0.2, -0.15) is 0 Å². The first-order valence-corrected chi connectivity index (χ1v) is 5.24. The van der Waals surface area contributed by atoms with Crippen molar-refractivity contribution in [2.24, 2.45) is 5.11 Å². The summed E-state index contributed by atoms with van der Waals surface area (Å²) >= 11 is 0. The molecule has 0 aromatic heterocycles. The molecule has 5 nitrogen and oxygen atoms in total. The first-order valence-electron chi connectivity index (χ1n) is 5.24. The highest BCUT2D eigenvalue weighted by Gasteiger charge is 2.37. The largest absolute Gasteiger partial charge is 0.375 e. The topological polar surface area (TPSA) is 70.0 Å². The lowest BCUT2D eigenvalue weighted by molar-refractivity contribution is -0.101. The Bertz CT molecular complexity index is 238. The molecule has 5 heteroatoms. The van der Waals surface area contributed by atoms with Crippen LogP contribution in [-0.2, 0) is 4.74 Å². The minimum Gasteiger partial charge on any atom is -0.375 e. The fourth-order valence-electron chi connectivity index (χ4n) is 2.40. The molecule has 1 N–H and O–H groups in total. The summed E-state index contributed by atoms with van der Waals surface area (Å²) in [4.78, 5) is 2.89. The average Bonchev–Trinajstić information content (AvgIpc) is 2.19. The Hall–Kier alpha value is -0.770. The summed E-state index contributed by atoms with van der Waals surface area (Å²) in [7, 11) is 0. The number of ether oxygens (including phenoxy) is 1. The van der Waals surface area contributed by atoms with Crippen molar-refractivity contribution in [2.75, 3.05) is 19.7 Å². The predicted octanol–water partition coefficient (Wildman–Crippen LogP) is 1.60. The van der Waals surface area contributed by atoms with E-state index in [1.54, 1.807) is 0 Å². The van der Waals surface area contributed by atoms with Gasteiger partial charge in [0, 0.05) is 17.6 Å². The number of hydrogen-bond donors (Lipinski definition) is 1. The Labute approximate surface area is 83.4 Å². The summed E-state index contributed by atoms with van der Waals surface area (Å²) in [6.45, 7) is 2.77. The van der Waals surface area contributed by atoms with Crippen LogP contribution >= 0.6 is 0 Å². The second kappa shape index (κ2) is 4.17. The van der Waals surface area contributed by atoms with Crippen molar-refractivity contribution < 1.29 is 4.74 Å². The number of nitrogens with zero attached hydrogens (tertiary/aromatic N) is 3. The molecule has 14 heavy (non-hydrogen) atoms. The van der Waals surface area contributed by atoms with Crippen LogP contribution in [0.3, 0.4) is 0 Å². The van der Waals surface area contributed by atoms with E-state index in [9.17, 15) is 0 Å². The summed E-state index contributed by atoms with van der Waals surface area (Å²) in [5.74, 6) is 0. The first kappa shape index (κ1) is 9.77. The fourth-order valence-corrected chi connectivity index (χ4v) is 2.40. The number of nitrogens with one attached hydrogen (secondary N) is 1. The molecule has 0 bridgehead atoms. The molecule has 0 aliphatic carbocycles. The van der Waals surface area contributed by atoms with Crippen LogP contribution in [0, 0.1) is 0 Å². The van der Waals surface area contributed by atoms with Gasteiger partial charge < -0.3 is 10.1 Å². The molecule has 0 amide bonds. The number of hydrogen-bond acceptors (Lipinski definition) is 3. The molecule has 78 valence electrons. The van der Waals surface area contributed by atoms with Crippen molar-refractivity contribution >= 4 is 0 Å². The van der Waals surface area contributed by atoms with Crippen LogP contribution in [0.4, 0.5) is 0 Å². The maximum absolute atomic E-state index is 8.41. The second-order valence-corrected chi connectivity index (χ2v) is 4.13. The fraction of sp³-hybridized carbons (Fsp3) is 1.00. The van der Waals surface area contributed by atoms with Crippen LogP contribution in [-0.4, -0.2) is 31.3 Å². The van der Waals surface area contributed by atoms with Gasteiger partial charge in [-0.05, 0) is 44.3 Å². The minimum absolute atomic E-state index is 0.00234. The van der Waals surface area contributed by atoms with Crippen molar-refractivity contribution in [3.8, 4) is 0 Å². The predicted molar refractivity (Wildman–Crippen MR) is 53.0 cm³/mol. The van der Waals surface area contributed by atoms with Gasteiger partial charge in [0.1, 0.15) is 0 Å². The van der Waals surface area contributed by atoms with Crippen molar-refractivity contribution in [2.45, 2.75) is 37.3 Å². The molecule has 0 saturated carbocycles. The maximum atomic E-state index is 8.41. The average molecular weight is 196 g/mol. The highest BCUT2D eigenvalue weighted by Crippen LogP contribution is 2.34. The van der Waals surface area contributed by atoms with Gasteiger partial charge in [-0.3, -0.25) is 0 Å². The van der Waals surface area contributed by atoms with E-state index in [0.29, 0.717) is 0 Å². The quantitative estimate of drug-likeness (QED) is 0.393. The van der Waals surface area contributed by atoms with Crippen LogP contribution in [0.1, 0.15) is 25.7 Å². The molecule has 2 heterocycles. The van der Waals surface area contributed by atoms with Gasteiger partial charge in [0.05, 0.1) is 5.60 Å². The molecule has 2 aliphatic rings. The third-order valence-corrected chi connectivity index (χ3v) is 3.20. The third-order valence-electron chi connectivity index (χ3n) is 3.20. The lowest BCUT2D eigenvalue weighted by Gasteiger charge is -2.42. The SMILES string of the molecule is [N-]=[N+]=NC1CCOC2(CCNCC2)C1. The van der Waals surface area contributed by atoms with Gasteiger partial charge in [-0.25, -0.2) is 0 Å². The lowest BCUT2D eigenvalue weighted by atomic mass is 9.83. The van der Waals surface area contributed by atoms with E-state index in [-0.39, 0.29) is 11.6 Å². The molecule has 2 aliphatic heterocycles. The Morgan fingerprint density at radius 2 is 2.21 bits per heavy atom. The number of azide groups is 1. The summed E-state index contributed by atoms with van der Waals surface area (Å²) in [6.07, 6.45) is 3.87. The van der Waals surface area contributed by atoms with E-state index < -0.39 is 0 Å². The molecular formula is C9H16N4O. The van der Waals surface area contributed by atoms with E-state index in [1.807, 2.05) is 0 Å². The molecule has 0 aromatic carbocycles. The van der Waals surface area contributed by atoms with Crippen LogP contribution in [0.5, 0.6) is 0 Å². The van der Waals surface area contributed by atoms with E-state index in [0.717, 1.165) is 45.4 Å². The van der Waals surface area contributed by atoms with Crippen molar-refractivity contribution in [1.82, 2.24) is 5.32 Å². The van der Waals surface area contributed by atoms with E-state index >= 15 is 0 Å². The van der Waals surface area contributed by atoms with Crippen LogP contribution < -0.4 is 5.32 Å². The van der Waals surface area contributed by atoms with Gasteiger partial charge in [0.2, 0.25) is 0 Å². The van der Waals surface area contributed by atoms with Crippen molar-refractivity contribution in [3.05, 3.63) is 10.4 Å². The molecule has 1 unspecified atom stereocenters. The monoisotopic (exact) mass is 196 g/mol. The van der Waals surface area contributed by atoms with Crippen molar-refractivity contribution in [1.29, 1.82) is 0 Å². The lowest BCUT2D eigenvalue weighted by Crippen LogP contribution is -2.48. The van der Waals surface area contributed by atoms with Gasteiger partial charge >= 0.3 is 0 Å². The zero-order valence-corrected chi connectivity index (χ0v) is 8.28. The molecule has 2 rings (SSSR count). The summed E-state index contributed by atoms with van der Waals surface area (Å²) < 4.78 is 5.86. The molecule has 0 radical (unpaired) electrons. The maximum Gasteiger partial charge on any atom is 0.0710 e. The zero-order valence-electron chi connectivity index (χ0n) is 8.28. The smallest absolute Gasteiger partial charge is 0.0710 e. The van der Waals surface area contributed by atoms with E-state index in [2.05, 4.69) is 15.3 Å². The normalized spacial score (nSPS) is 31.0. The standard InChI is InChI=1S/C9H16N4O/c10-13-12-8-1-6-14-9(7-8)2-4-11-5-3-9/h8,11H,1-7H2. The summed E-state index contributed by atoms with van der Waals surface area (Å²) in [6, 6.07) is 0.145. The third kappa shape index (κ3) is 2.00. The second-order valence-electron chi connectivity index (χ2n) is 4.13. The highest BCUT2D eigenvalue weighted by molar-refractivity contribution is 4.93. The van der Waals surface area contributed by atoms with Gasteiger partial charge in [0.15, 0.2) is 0 Å². The van der Waals surface area contributed by atoms with Crippen LogP contribution in [0.2, 0.25) is 0 Å². The Kier molecular flexibility index (Phi) is 2.91. The van der Waals surface area contributed by atoms with Crippen LogP contribution in [0.15, 0.2) is 5.11 Å². The zero-order chi connectivity index (χ0) is 9.86. The summed E-state index contributed by atoms with van der Waals surface area (Å²) in [5.41, 5.74) is 8.41. The Morgan fingerprint density at radius 3 is 2.93 bits per heavy atom. The number of rotatable bonds is 1. The highest BCUT2D eigenvalue weighted by atomic mass is 16.5. The first-order chi connectivity index (χ1) is 6.85. The Balaban J connectivity index is 2.00. The van der Waals surface area contributed by atoms with Crippen LogP contribution in [0.25, 0.3) is 10.4 Å². The Morgan fingerprint density at radius 1 is 1.43 bits per heavy atom. The van der Waals surface area contributed by atoms with Gasteiger partial charge in [0.25, 0.3) is 0 Å². The molecule has 1 atom stereocenters. The van der Waals surface area contributed by atoms with E-state index in [4.69, 9.17) is 10.3 Å². The minimum atomic E-state index is 0.00234. The summed E-state index contributed by atoms with van der Waals surface area (Å²) in [5, 5.41) is 7.13. The van der Waals surface area contributed by atoms with Gasteiger partial charge in [-0.15, -0.1) is 0 Å². The molecule has 1 spiro atoms. The number of piperidine rings is 1. The molecule has 2 fully saturated rings. The molecule has 2 saturated heterocycles. The van der Waals surface area contributed by atoms with E-state index in [1.165, 1.54) is 0 Å². The molecular weight excluding hydrogens is 180 g/mol. The van der Waals surface area contributed by atoms with Crippen molar-refractivity contribution in [3.63, 3.8) is 0 Å². The van der Waals surface area contributed by atoms with Gasteiger partial charge in [-0.1, -0.05) is 5.11 Å².